The van der Waals surface area contributed by atoms with Crippen molar-refractivity contribution >= 4 is 0 Å². The summed E-state index contributed by atoms with van der Waals surface area (Å²) in [5, 5.41) is 0. The van der Waals surface area contributed by atoms with Crippen molar-refractivity contribution in [1.29, 1.82) is 0 Å². The molecule has 0 bridgehead atoms. The van der Waals surface area contributed by atoms with Gasteiger partial charge in [-0.2, -0.15) is 0 Å². The lowest BCUT2D eigenvalue weighted by atomic mass is 10.1. The average Bonchev–Trinajstić information content (AvgIpc) is 2.01. The normalized spacial score (nSPS) is 10.7. The maximum Gasteiger partial charge on any atom is 0.239 e. The van der Waals surface area contributed by atoms with E-state index in [2.05, 4.69) is 0 Å². The van der Waals surface area contributed by atoms with E-state index in [1.807, 2.05) is 31.2 Å². The molecule has 0 spiro atoms. The smallest absolute Gasteiger partial charge is 0.211 e. The molecule has 0 unspecified atom stereocenters. The van der Waals surface area contributed by atoms with E-state index in [1.165, 1.54) is 0 Å². The molecule has 0 N–H and O–H groups in total. The van der Waals surface area contributed by atoms with Crippen LogP contribution in [0.3, 0.4) is 0 Å². The van der Waals surface area contributed by atoms with Gasteiger partial charge in [0.05, 0.1) is 0 Å². The first-order chi connectivity index (χ1) is 5.68. The molecule has 0 aliphatic rings. The molecule has 1 aromatic rings. The van der Waals surface area contributed by atoms with E-state index in [4.69, 9.17) is 0 Å². The van der Waals surface area contributed by atoms with Gasteiger partial charge < -0.3 is 0 Å². The first-order valence-corrected chi connectivity index (χ1v) is 4.02. The number of hydrogen-bond donors (Lipinski definition) is 0. The Morgan fingerprint density at radius 2 is 2.08 bits per heavy atom. The molecular weight excluding hydrogens is 158 g/mol. The van der Waals surface area contributed by atoms with Gasteiger partial charge in [0, 0.05) is 6.42 Å². The number of alkyl halides is 2. The summed E-state index contributed by atoms with van der Waals surface area (Å²) in [5.74, 6) is 0. The molecule has 0 amide bonds. The number of rotatable bonds is 3. The third kappa shape index (κ3) is 2.99. The minimum absolute atomic E-state index is 0.0382. The molecule has 0 saturated heterocycles. The Balaban J connectivity index is 2.52. The third-order valence-electron chi connectivity index (χ3n) is 1.73. The van der Waals surface area contributed by atoms with Gasteiger partial charge in [-0.1, -0.05) is 29.8 Å². The maximum atomic E-state index is 11.8. The summed E-state index contributed by atoms with van der Waals surface area (Å²) >= 11 is 0. The molecule has 0 aliphatic carbocycles. The molecule has 66 valence electrons. The molecule has 2 heteroatoms. The van der Waals surface area contributed by atoms with Crippen molar-refractivity contribution in [2.75, 3.05) is 0 Å². The van der Waals surface area contributed by atoms with Crippen molar-refractivity contribution in [3.05, 3.63) is 35.4 Å². The summed E-state index contributed by atoms with van der Waals surface area (Å²) in [5.41, 5.74) is 2.12. The van der Waals surface area contributed by atoms with E-state index >= 15 is 0 Å². The summed E-state index contributed by atoms with van der Waals surface area (Å²) in [4.78, 5) is 0. The van der Waals surface area contributed by atoms with E-state index in [1.54, 1.807) is 0 Å². The number of aryl methyl sites for hydroxylation is 2. The summed E-state index contributed by atoms with van der Waals surface area (Å²) < 4.78 is 23.6. The second kappa shape index (κ2) is 4.19. The Hall–Kier alpha value is -0.920. The highest BCUT2D eigenvalue weighted by Gasteiger charge is 2.02. The Kier molecular flexibility index (Phi) is 3.20. The summed E-state index contributed by atoms with van der Waals surface area (Å²) in [6.07, 6.45) is -1.76. The Bertz CT molecular complexity index is 243. The monoisotopic (exact) mass is 170 g/mol. The van der Waals surface area contributed by atoms with E-state index in [9.17, 15) is 8.78 Å². The second-order valence-electron chi connectivity index (χ2n) is 2.92. The van der Waals surface area contributed by atoms with Gasteiger partial charge in [-0.25, -0.2) is 8.78 Å². The van der Waals surface area contributed by atoms with Crippen LogP contribution in [0.2, 0.25) is 0 Å². The van der Waals surface area contributed by atoms with Crippen LogP contribution in [0.4, 0.5) is 8.78 Å². The SMILES string of the molecule is Cc1cccc(CCC(F)F)c1. The topological polar surface area (TPSA) is 0 Å². The van der Waals surface area contributed by atoms with Crippen LogP contribution in [-0.2, 0) is 6.42 Å². The fourth-order valence-electron chi connectivity index (χ4n) is 1.14. The van der Waals surface area contributed by atoms with Crippen molar-refractivity contribution in [1.82, 2.24) is 0 Å². The molecule has 0 heterocycles. The zero-order chi connectivity index (χ0) is 8.97. The van der Waals surface area contributed by atoms with Crippen molar-refractivity contribution in [2.24, 2.45) is 0 Å². The van der Waals surface area contributed by atoms with Crippen LogP contribution in [0.5, 0.6) is 0 Å². The Labute approximate surface area is 71.2 Å². The highest BCUT2D eigenvalue weighted by atomic mass is 19.3. The van der Waals surface area contributed by atoms with Crippen LogP contribution in [0.15, 0.2) is 24.3 Å². The van der Waals surface area contributed by atoms with Gasteiger partial charge in [0.2, 0.25) is 6.43 Å². The molecule has 0 fully saturated rings. The van der Waals surface area contributed by atoms with Crippen molar-refractivity contribution in [3.8, 4) is 0 Å². The van der Waals surface area contributed by atoms with Crippen molar-refractivity contribution < 1.29 is 8.78 Å². The maximum absolute atomic E-state index is 11.8. The molecule has 0 aromatic heterocycles. The third-order valence-corrected chi connectivity index (χ3v) is 1.73. The second-order valence-corrected chi connectivity index (χ2v) is 2.92. The molecule has 0 saturated carbocycles. The summed E-state index contributed by atoms with van der Waals surface area (Å²) in [6.45, 7) is 1.96. The predicted molar refractivity (Wildman–Crippen MR) is 45.5 cm³/mol. The van der Waals surface area contributed by atoms with E-state index in [-0.39, 0.29) is 6.42 Å². The minimum atomic E-state index is -2.19. The van der Waals surface area contributed by atoms with Crippen LogP contribution in [0.1, 0.15) is 17.5 Å². The zero-order valence-electron chi connectivity index (χ0n) is 7.06. The van der Waals surface area contributed by atoms with Crippen molar-refractivity contribution in [2.45, 2.75) is 26.2 Å². The fraction of sp³-hybridized carbons (Fsp3) is 0.400. The molecule has 12 heavy (non-hydrogen) atoms. The first-order valence-electron chi connectivity index (χ1n) is 4.02. The van der Waals surface area contributed by atoms with Gasteiger partial charge in [0.25, 0.3) is 0 Å². The number of benzene rings is 1. The summed E-state index contributed by atoms with van der Waals surface area (Å²) in [7, 11) is 0. The number of hydrogen-bond acceptors (Lipinski definition) is 0. The van der Waals surface area contributed by atoms with Crippen LogP contribution < -0.4 is 0 Å². The summed E-state index contributed by atoms with van der Waals surface area (Å²) in [6, 6.07) is 7.69. The molecule has 0 atom stereocenters. The largest absolute Gasteiger partial charge is 0.239 e. The van der Waals surface area contributed by atoms with Gasteiger partial charge >= 0.3 is 0 Å². The highest BCUT2D eigenvalue weighted by molar-refractivity contribution is 5.22. The van der Waals surface area contributed by atoms with Crippen LogP contribution in [0, 0.1) is 6.92 Å². The van der Waals surface area contributed by atoms with Crippen LogP contribution in [-0.4, -0.2) is 6.43 Å². The zero-order valence-corrected chi connectivity index (χ0v) is 7.06. The predicted octanol–water partition coefficient (Wildman–Crippen LogP) is 3.19. The van der Waals surface area contributed by atoms with E-state index in [0.717, 1.165) is 11.1 Å². The standard InChI is InChI=1S/C10H12F2/c1-8-3-2-4-9(7-8)5-6-10(11)12/h2-4,7,10H,5-6H2,1H3. The average molecular weight is 170 g/mol. The minimum Gasteiger partial charge on any atom is -0.211 e. The van der Waals surface area contributed by atoms with Gasteiger partial charge in [-0.3, -0.25) is 0 Å². The molecule has 1 aromatic carbocycles. The molecule has 0 nitrogen and oxygen atoms in total. The van der Waals surface area contributed by atoms with E-state index < -0.39 is 6.43 Å². The van der Waals surface area contributed by atoms with Gasteiger partial charge in [-0.05, 0) is 18.9 Å². The first kappa shape index (κ1) is 9.17. The fourth-order valence-corrected chi connectivity index (χ4v) is 1.14. The van der Waals surface area contributed by atoms with Crippen LogP contribution >= 0.6 is 0 Å². The number of halogens is 2. The van der Waals surface area contributed by atoms with Crippen LogP contribution in [0.25, 0.3) is 0 Å². The molecule has 0 radical (unpaired) electrons. The lowest BCUT2D eigenvalue weighted by molar-refractivity contribution is 0.138. The quantitative estimate of drug-likeness (QED) is 0.653. The highest BCUT2D eigenvalue weighted by Crippen LogP contribution is 2.09. The molecule has 1 rings (SSSR count). The van der Waals surface area contributed by atoms with E-state index in [0.29, 0.717) is 6.42 Å². The molecular formula is C10H12F2. The lowest BCUT2D eigenvalue weighted by Gasteiger charge is -2.01. The van der Waals surface area contributed by atoms with Gasteiger partial charge in [0.1, 0.15) is 0 Å². The van der Waals surface area contributed by atoms with Gasteiger partial charge in [0.15, 0.2) is 0 Å². The van der Waals surface area contributed by atoms with Crippen molar-refractivity contribution in [3.63, 3.8) is 0 Å². The Morgan fingerprint density at radius 1 is 1.33 bits per heavy atom. The lowest BCUT2D eigenvalue weighted by Crippen LogP contribution is -1.94. The van der Waals surface area contributed by atoms with Gasteiger partial charge in [-0.15, -0.1) is 0 Å². The molecule has 0 aliphatic heterocycles. The Morgan fingerprint density at radius 3 is 2.67 bits per heavy atom.